The molecule has 4 aromatic rings. The fourth-order valence-corrected chi connectivity index (χ4v) is 9.38. The molecule has 4 unspecified atom stereocenters. The molecule has 0 radical (unpaired) electrons. The fraction of sp³-hybridized carbons (Fsp3) is 0.485. The van der Waals surface area contributed by atoms with Gasteiger partial charge in [-0.05, 0) is 80.0 Å². The molecular formula is C33H31F4N3O4S. The smallest absolute Gasteiger partial charge is 0.465 e. The lowest BCUT2D eigenvalue weighted by Gasteiger charge is -2.43. The normalized spacial score (nSPS) is 26.1. The summed E-state index contributed by atoms with van der Waals surface area (Å²) >= 11 is 1.48. The van der Waals surface area contributed by atoms with Crippen molar-refractivity contribution in [2.24, 2.45) is 23.7 Å². The van der Waals surface area contributed by atoms with Gasteiger partial charge in [-0.2, -0.15) is 0 Å². The summed E-state index contributed by atoms with van der Waals surface area (Å²) in [5.41, 5.74) is 2.09. The molecule has 3 aliphatic carbocycles. The van der Waals surface area contributed by atoms with E-state index in [0.717, 1.165) is 55.2 Å². The molecule has 2 aliphatic heterocycles. The van der Waals surface area contributed by atoms with Gasteiger partial charge in [-0.15, -0.1) is 24.5 Å². The molecule has 2 aromatic carbocycles. The molecule has 7 nitrogen and oxygen atoms in total. The lowest BCUT2D eigenvalue weighted by atomic mass is 9.63. The third-order valence-electron chi connectivity index (χ3n) is 10.2. The van der Waals surface area contributed by atoms with Gasteiger partial charge in [0.05, 0.1) is 22.4 Å². The second-order valence-electron chi connectivity index (χ2n) is 12.9. The predicted octanol–water partition coefficient (Wildman–Crippen LogP) is 7.57. The van der Waals surface area contributed by atoms with Crippen molar-refractivity contribution in [3.05, 3.63) is 64.1 Å². The minimum absolute atomic E-state index is 0.190. The first-order valence-electron chi connectivity index (χ1n) is 15.4. The van der Waals surface area contributed by atoms with Crippen molar-refractivity contribution in [2.45, 2.75) is 50.3 Å². The summed E-state index contributed by atoms with van der Waals surface area (Å²) in [6, 6.07) is 8.98. The Morgan fingerprint density at radius 1 is 1.13 bits per heavy atom. The first-order chi connectivity index (χ1) is 21.7. The Bertz CT molecular complexity index is 1780. The monoisotopic (exact) mass is 641 g/mol. The van der Waals surface area contributed by atoms with Crippen LogP contribution in [0, 0.1) is 29.5 Å². The minimum atomic E-state index is -4.81. The number of benzene rings is 2. The van der Waals surface area contributed by atoms with E-state index in [-0.39, 0.29) is 28.7 Å². The van der Waals surface area contributed by atoms with Gasteiger partial charge in [0.1, 0.15) is 22.7 Å². The van der Waals surface area contributed by atoms with Crippen LogP contribution in [-0.4, -0.2) is 54.1 Å². The molecule has 4 bridgehead atoms. The Morgan fingerprint density at radius 2 is 1.93 bits per heavy atom. The van der Waals surface area contributed by atoms with Crippen LogP contribution in [0.25, 0.3) is 21.5 Å². The largest absolute Gasteiger partial charge is 0.573 e. The fourth-order valence-electron chi connectivity index (χ4n) is 8.19. The van der Waals surface area contributed by atoms with Gasteiger partial charge in [0.25, 0.3) is 0 Å². The van der Waals surface area contributed by atoms with Crippen molar-refractivity contribution in [1.82, 2.24) is 15.0 Å². The summed E-state index contributed by atoms with van der Waals surface area (Å²) in [5.74, 6) is 2.05. The number of methoxy groups -OCH3 is 1. The molecule has 3 saturated carbocycles. The van der Waals surface area contributed by atoms with Gasteiger partial charge in [0.2, 0.25) is 0 Å². The molecule has 45 heavy (non-hydrogen) atoms. The van der Waals surface area contributed by atoms with Crippen LogP contribution >= 0.6 is 11.3 Å². The summed E-state index contributed by atoms with van der Waals surface area (Å²) in [7, 11) is 1.28. The summed E-state index contributed by atoms with van der Waals surface area (Å²) in [4.78, 5) is 19.2. The molecule has 4 heterocycles. The van der Waals surface area contributed by atoms with Gasteiger partial charge in [-0.3, -0.25) is 0 Å². The molecular weight excluding hydrogens is 610 g/mol. The highest BCUT2D eigenvalue weighted by Crippen LogP contribution is 2.63. The predicted molar refractivity (Wildman–Crippen MR) is 158 cm³/mol. The number of carbonyl (C=O) groups is 1. The van der Waals surface area contributed by atoms with Crippen molar-refractivity contribution >= 4 is 27.5 Å². The van der Waals surface area contributed by atoms with Crippen LogP contribution < -0.4 is 4.74 Å². The maximum Gasteiger partial charge on any atom is 0.573 e. The van der Waals surface area contributed by atoms with Crippen LogP contribution in [0.5, 0.6) is 5.75 Å². The zero-order valence-corrected chi connectivity index (χ0v) is 25.3. The lowest BCUT2D eigenvalue weighted by molar-refractivity contribution is -0.274. The zero-order valence-electron chi connectivity index (χ0n) is 24.5. The number of carbonyl (C=O) groups excluding carboxylic acids is 1. The van der Waals surface area contributed by atoms with E-state index in [1.54, 1.807) is 18.2 Å². The minimum Gasteiger partial charge on any atom is -0.465 e. The molecule has 2 aromatic heterocycles. The van der Waals surface area contributed by atoms with Crippen LogP contribution in [0.4, 0.5) is 17.6 Å². The number of fused-ring (bicyclic) bond motifs is 3. The van der Waals surface area contributed by atoms with Crippen molar-refractivity contribution < 1.29 is 36.4 Å². The maximum atomic E-state index is 14.9. The molecule has 0 N–H and O–H groups in total. The van der Waals surface area contributed by atoms with Gasteiger partial charge in [-0.25, -0.2) is 14.2 Å². The Morgan fingerprint density at radius 3 is 2.71 bits per heavy atom. The van der Waals surface area contributed by atoms with Gasteiger partial charge in [0, 0.05) is 42.6 Å². The van der Waals surface area contributed by atoms with Crippen molar-refractivity contribution in [3.63, 3.8) is 0 Å². The molecule has 9 rings (SSSR count). The van der Waals surface area contributed by atoms with E-state index in [9.17, 15) is 22.4 Å². The van der Waals surface area contributed by atoms with Gasteiger partial charge in [-0.1, -0.05) is 17.3 Å². The number of rotatable bonds is 8. The Labute approximate surface area is 260 Å². The Hall–Kier alpha value is -3.51. The summed E-state index contributed by atoms with van der Waals surface area (Å²) in [5, 5.41) is 5.22. The van der Waals surface area contributed by atoms with E-state index >= 15 is 0 Å². The number of alkyl halides is 3. The number of aromatic nitrogens is 2. The lowest BCUT2D eigenvalue weighted by Crippen LogP contribution is -2.40. The van der Waals surface area contributed by atoms with Crippen LogP contribution in [0.3, 0.4) is 0 Å². The van der Waals surface area contributed by atoms with Crippen LogP contribution in [0.15, 0.2) is 40.9 Å². The number of halogens is 4. The number of ether oxygens (including phenoxy) is 2. The van der Waals surface area contributed by atoms with Gasteiger partial charge < -0.3 is 18.9 Å². The van der Waals surface area contributed by atoms with Crippen LogP contribution in [-0.2, 0) is 11.2 Å². The first-order valence-corrected chi connectivity index (χ1v) is 16.2. The number of nitrogens with zero attached hydrogens (tertiary/aromatic N) is 3. The highest BCUT2D eigenvalue weighted by atomic mass is 32.1. The summed E-state index contributed by atoms with van der Waals surface area (Å²) < 4.78 is 70.0. The number of esters is 1. The second kappa shape index (κ2) is 10.8. The van der Waals surface area contributed by atoms with E-state index in [4.69, 9.17) is 14.2 Å². The number of thiazole rings is 1. The molecule has 0 amide bonds. The number of para-hydroxylation sites is 1. The number of hydrogen-bond donors (Lipinski definition) is 0. The van der Waals surface area contributed by atoms with E-state index < -0.39 is 18.1 Å². The Balaban J connectivity index is 1.00. The highest BCUT2D eigenvalue weighted by Gasteiger charge is 2.57. The van der Waals surface area contributed by atoms with E-state index in [2.05, 4.69) is 14.8 Å². The average molecular weight is 642 g/mol. The Kier molecular flexibility index (Phi) is 6.94. The quantitative estimate of drug-likeness (QED) is 0.145. The standard InChI is InChI=1S/C33H31F4N3O4S/c1-42-32(41)17-12-24(34)29-26(13-17)45-31(38-29)23-10-18-14-40(15-19-11-22(18)27(19)23)9-8-21-28(39-44-30(21)16-6-7-16)20-4-2-3-5-25(20)43-33(35,36)37/h2-5,12-13,16,18-19,22-23,27H,6-11,14-15H2,1H3/t18?,19?,22?,23?,27-/m1/s1. The first kappa shape index (κ1) is 28.9. The van der Waals surface area contributed by atoms with Crippen molar-refractivity contribution in [3.8, 4) is 17.0 Å². The van der Waals surface area contributed by atoms with Gasteiger partial charge in [0.15, 0.2) is 5.82 Å². The third kappa shape index (κ3) is 5.19. The molecule has 5 fully saturated rings. The van der Waals surface area contributed by atoms with Crippen molar-refractivity contribution in [1.29, 1.82) is 0 Å². The topological polar surface area (TPSA) is 77.7 Å². The van der Waals surface area contributed by atoms with Crippen LogP contribution in [0.2, 0.25) is 0 Å². The van der Waals surface area contributed by atoms with Crippen molar-refractivity contribution in [2.75, 3.05) is 26.7 Å². The molecule has 5 atom stereocenters. The van der Waals surface area contributed by atoms with Gasteiger partial charge >= 0.3 is 12.3 Å². The number of hydrogen-bond acceptors (Lipinski definition) is 8. The van der Waals surface area contributed by atoms with E-state index in [0.29, 0.717) is 46.0 Å². The maximum absolute atomic E-state index is 14.9. The molecule has 0 spiro atoms. The molecule has 5 aliphatic rings. The highest BCUT2D eigenvalue weighted by molar-refractivity contribution is 7.18. The van der Waals surface area contributed by atoms with E-state index in [1.165, 1.54) is 43.1 Å². The molecule has 236 valence electrons. The molecule has 2 saturated heterocycles. The summed E-state index contributed by atoms with van der Waals surface area (Å²) in [6.07, 6.45) is -0.0529. The second-order valence-corrected chi connectivity index (χ2v) is 14.0. The zero-order chi connectivity index (χ0) is 31.0. The van der Waals surface area contributed by atoms with E-state index in [1.807, 2.05) is 0 Å². The summed E-state index contributed by atoms with van der Waals surface area (Å²) in [6.45, 7) is 2.64. The van der Waals surface area contributed by atoms with Crippen LogP contribution in [0.1, 0.15) is 64.2 Å². The molecule has 12 heteroatoms. The third-order valence-corrected chi connectivity index (χ3v) is 11.4. The average Bonchev–Trinajstić information content (AvgIpc) is 3.59. The SMILES string of the molecule is COC(=O)c1cc(F)c2nc(C3CC4CN(CCc5c(-c6ccccc6OC(F)(F)F)noc5C5CC5)CC5CC4[C@@H]53)sc2c1.